The van der Waals surface area contributed by atoms with Crippen LogP contribution in [0.1, 0.15) is 18.1 Å². The highest BCUT2D eigenvalue weighted by molar-refractivity contribution is 5.93. The van der Waals surface area contributed by atoms with Crippen LogP contribution in [-0.4, -0.2) is 38.1 Å². The van der Waals surface area contributed by atoms with Crippen LogP contribution in [0.25, 0.3) is 0 Å². The number of piperazine rings is 1. The number of anilines is 1. The summed E-state index contributed by atoms with van der Waals surface area (Å²) in [5, 5.41) is 2.89. The predicted octanol–water partition coefficient (Wildman–Crippen LogP) is 0.445. The van der Waals surface area contributed by atoms with Gasteiger partial charge in [-0.1, -0.05) is 29.8 Å². The highest BCUT2D eigenvalue weighted by Gasteiger charge is 2.31. The molecule has 138 valence electrons. The van der Waals surface area contributed by atoms with Gasteiger partial charge in [-0.15, -0.1) is 0 Å². The first kappa shape index (κ1) is 18.5. The van der Waals surface area contributed by atoms with Gasteiger partial charge in [0, 0.05) is 11.3 Å². The largest absolute Gasteiger partial charge is 0.322 e. The van der Waals surface area contributed by atoms with Crippen molar-refractivity contribution in [3.05, 3.63) is 65.5 Å². The minimum atomic E-state index is -0.297. The molecule has 1 heterocycles. The van der Waals surface area contributed by atoms with E-state index in [1.54, 1.807) is 17.0 Å². The molecule has 0 bridgehead atoms. The van der Waals surface area contributed by atoms with Gasteiger partial charge in [0.1, 0.15) is 38.5 Å². The summed E-state index contributed by atoms with van der Waals surface area (Å²) in [4.78, 5) is 15.4. The molecule has 5 heteroatoms. The zero-order chi connectivity index (χ0) is 18.5. The molecule has 1 aliphatic heterocycles. The first-order chi connectivity index (χ1) is 12.5. The lowest BCUT2D eigenvalue weighted by Gasteiger charge is -2.32. The van der Waals surface area contributed by atoms with Crippen LogP contribution in [0.3, 0.4) is 0 Å². The number of aryl methyl sites for hydroxylation is 1. The van der Waals surface area contributed by atoms with E-state index in [-0.39, 0.29) is 17.8 Å². The lowest BCUT2D eigenvalue weighted by Crippen LogP contribution is -3.29. The number of halogens is 1. The van der Waals surface area contributed by atoms with E-state index >= 15 is 0 Å². The van der Waals surface area contributed by atoms with Crippen LogP contribution in [0.5, 0.6) is 0 Å². The lowest BCUT2D eigenvalue weighted by molar-refractivity contribution is -1.02. The minimum Gasteiger partial charge on any atom is -0.322 e. The number of carbonyl (C=O) groups is 1. The zero-order valence-electron chi connectivity index (χ0n) is 15.5. The van der Waals surface area contributed by atoms with Gasteiger partial charge in [0.25, 0.3) is 5.91 Å². The molecule has 0 unspecified atom stereocenters. The summed E-state index contributed by atoms with van der Waals surface area (Å²) in [5.41, 5.74) is 3.33. The van der Waals surface area contributed by atoms with Crippen molar-refractivity contribution in [2.24, 2.45) is 0 Å². The Balaban J connectivity index is 1.49. The lowest BCUT2D eigenvalue weighted by atomic mass is 10.1. The van der Waals surface area contributed by atoms with E-state index in [1.165, 1.54) is 28.2 Å². The molecule has 1 saturated heterocycles. The first-order valence-electron chi connectivity index (χ1n) is 9.31. The van der Waals surface area contributed by atoms with Crippen LogP contribution in [0.4, 0.5) is 10.1 Å². The summed E-state index contributed by atoms with van der Waals surface area (Å²) in [6.45, 7) is 9.25. The number of benzene rings is 2. The van der Waals surface area contributed by atoms with E-state index in [9.17, 15) is 9.18 Å². The Morgan fingerprint density at radius 3 is 2.46 bits per heavy atom. The molecule has 1 aliphatic rings. The second-order valence-corrected chi connectivity index (χ2v) is 7.29. The topological polar surface area (TPSA) is 38.0 Å². The predicted molar refractivity (Wildman–Crippen MR) is 101 cm³/mol. The summed E-state index contributed by atoms with van der Waals surface area (Å²) in [6, 6.07) is 14.5. The number of rotatable bonds is 5. The third-order valence-electron chi connectivity index (χ3n) is 5.25. The second-order valence-electron chi connectivity index (χ2n) is 7.29. The Morgan fingerprint density at radius 2 is 1.81 bits per heavy atom. The molecular weight excluding hydrogens is 329 g/mol. The van der Waals surface area contributed by atoms with Crippen molar-refractivity contribution in [2.45, 2.75) is 26.4 Å². The summed E-state index contributed by atoms with van der Waals surface area (Å²) in [5.74, 6) is -0.303. The number of nitrogens with one attached hydrogen (secondary N) is 3. The standard InChI is InChI=1S/C21H26FN3O/c1-16-4-3-5-18(14-16)15-24-10-12-25(13-11-24)17(2)21(26)23-20-8-6-19(22)7-9-20/h3-9,14,17H,10-13,15H2,1-2H3,(H,23,26)/p+2/t17-/m0/s1. The van der Waals surface area contributed by atoms with Gasteiger partial charge in [0.05, 0.1) is 0 Å². The smallest absolute Gasteiger partial charge is 0.282 e. The zero-order valence-corrected chi connectivity index (χ0v) is 15.5. The highest BCUT2D eigenvalue weighted by atomic mass is 19.1. The molecule has 2 aromatic rings. The average molecular weight is 357 g/mol. The number of hydrogen-bond acceptors (Lipinski definition) is 1. The van der Waals surface area contributed by atoms with Crippen LogP contribution < -0.4 is 15.1 Å². The van der Waals surface area contributed by atoms with Crippen LogP contribution >= 0.6 is 0 Å². The molecule has 4 nitrogen and oxygen atoms in total. The summed E-state index contributed by atoms with van der Waals surface area (Å²) < 4.78 is 13.0. The van der Waals surface area contributed by atoms with E-state index in [0.29, 0.717) is 5.69 Å². The monoisotopic (exact) mass is 357 g/mol. The molecule has 0 spiro atoms. The second kappa shape index (κ2) is 8.43. The molecule has 2 aromatic carbocycles. The summed E-state index contributed by atoms with van der Waals surface area (Å²) in [6.07, 6.45) is 0. The van der Waals surface area contributed by atoms with E-state index < -0.39 is 0 Å². The van der Waals surface area contributed by atoms with Gasteiger partial charge < -0.3 is 15.1 Å². The van der Waals surface area contributed by atoms with Crippen LogP contribution in [-0.2, 0) is 11.3 Å². The van der Waals surface area contributed by atoms with Crippen molar-refractivity contribution >= 4 is 11.6 Å². The van der Waals surface area contributed by atoms with Crippen molar-refractivity contribution < 1.29 is 19.0 Å². The van der Waals surface area contributed by atoms with Crippen LogP contribution in [0.15, 0.2) is 48.5 Å². The number of amides is 1. The quantitative estimate of drug-likeness (QED) is 0.714. The third-order valence-corrected chi connectivity index (χ3v) is 5.25. The van der Waals surface area contributed by atoms with Gasteiger partial charge in [-0.25, -0.2) is 4.39 Å². The van der Waals surface area contributed by atoms with Gasteiger partial charge in [0.2, 0.25) is 0 Å². The van der Waals surface area contributed by atoms with E-state index in [2.05, 4.69) is 36.5 Å². The van der Waals surface area contributed by atoms with Gasteiger partial charge in [-0.2, -0.15) is 0 Å². The van der Waals surface area contributed by atoms with Crippen molar-refractivity contribution in [1.29, 1.82) is 0 Å². The fraction of sp³-hybridized carbons (Fsp3) is 0.381. The fourth-order valence-corrected chi connectivity index (χ4v) is 3.61. The highest BCUT2D eigenvalue weighted by Crippen LogP contribution is 2.08. The van der Waals surface area contributed by atoms with Crippen molar-refractivity contribution in [2.75, 3.05) is 31.5 Å². The number of carbonyl (C=O) groups excluding carboxylic acids is 1. The van der Waals surface area contributed by atoms with Crippen LogP contribution in [0, 0.1) is 12.7 Å². The molecule has 0 aromatic heterocycles. The van der Waals surface area contributed by atoms with Crippen molar-refractivity contribution in [3.63, 3.8) is 0 Å². The molecule has 3 rings (SSSR count). The maximum Gasteiger partial charge on any atom is 0.282 e. The Morgan fingerprint density at radius 1 is 1.12 bits per heavy atom. The SMILES string of the molecule is Cc1cccc(C[NH+]2CC[NH+]([C@@H](C)C(=O)Nc3ccc(F)cc3)CC2)c1. The fourth-order valence-electron chi connectivity index (χ4n) is 3.61. The van der Waals surface area contributed by atoms with E-state index in [4.69, 9.17) is 0 Å². The molecule has 1 fully saturated rings. The van der Waals surface area contributed by atoms with Crippen molar-refractivity contribution in [1.82, 2.24) is 0 Å². The Kier molecular flexibility index (Phi) is 6.01. The molecule has 1 amide bonds. The van der Waals surface area contributed by atoms with Gasteiger partial charge in [-0.05, 0) is 38.1 Å². The van der Waals surface area contributed by atoms with Gasteiger partial charge in [-0.3, -0.25) is 4.79 Å². The third kappa shape index (κ3) is 4.90. The number of quaternary nitrogens is 2. The number of hydrogen-bond donors (Lipinski definition) is 3. The average Bonchev–Trinajstić information content (AvgIpc) is 2.64. The van der Waals surface area contributed by atoms with E-state index in [0.717, 1.165) is 32.7 Å². The molecule has 3 N–H and O–H groups in total. The molecule has 1 atom stereocenters. The minimum absolute atomic E-state index is 0.00579. The Bertz CT molecular complexity index is 739. The summed E-state index contributed by atoms with van der Waals surface area (Å²) in [7, 11) is 0. The van der Waals surface area contributed by atoms with Gasteiger partial charge >= 0.3 is 0 Å². The van der Waals surface area contributed by atoms with Crippen molar-refractivity contribution in [3.8, 4) is 0 Å². The Labute approximate surface area is 154 Å². The molecule has 0 saturated carbocycles. The summed E-state index contributed by atoms with van der Waals surface area (Å²) >= 11 is 0. The van der Waals surface area contributed by atoms with E-state index in [1.807, 2.05) is 6.92 Å². The molecule has 26 heavy (non-hydrogen) atoms. The van der Waals surface area contributed by atoms with Crippen LogP contribution in [0.2, 0.25) is 0 Å². The normalized spacial score (nSPS) is 21.2. The van der Waals surface area contributed by atoms with Gasteiger partial charge in [0.15, 0.2) is 6.04 Å². The molecular formula is C21H28FN3O+2. The molecule has 0 aliphatic carbocycles. The Hall–Kier alpha value is -2.24. The maximum absolute atomic E-state index is 13.0. The molecule has 0 radical (unpaired) electrons. The maximum atomic E-state index is 13.0. The first-order valence-corrected chi connectivity index (χ1v) is 9.31.